The summed E-state index contributed by atoms with van der Waals surface area (Å²) in [6.07, 6.45) is 8.16. The largest absolute Gasteiger partial charge is 0.328 e. The molecular formula is C15H35N2O3S+. The van der Waals surface area contributed by atoms with Crippen molar-refractivity contribution in [1.82, 2.24) is 4.90 Å². The fourth-order valence-electron chi connectivity index (χ4n) is 2.46. The van der Waals surface area contributed by atoms with Gasteiger partial charge in [0.1, 0.15) is 0 Å². The Morgan fingerprint density at radius 3 is 1.86 bits per heavy atom. The van der Waals surface area contributed by atoms with Gasteiger partial charge in [-0.1, -0.05) is 19.3 Å². The molecule has 6 heteroatoms. The molecule has 0 amide bonds. The zero-order chi connectivity index (χ0) is 16.4. The van der Waals surface area contributed by atoms with Crippen molar-refractivity contribution in [1.29, 1.82) is 0 Å². The Morgan fingerprint density at radius 1 is 0.857 bits per heavy atom. The molecule has 0 aromatic heterocycles. The van der Waals surface area contributed by atoms with E-state index in [0.717, 1.165) is 17.6 Å². The summed E-state index contributed by atoms with van der Waals surface area (Å²) in [7, 11) is 4.67. The Balaban J connectivity index is 3.52. The van der Waals surface area contributed by atoms with Crippen LogP contribution >= 0.6 is 0 Å². The summed E-state index contributed by atoms with van der Waals surface area (Å²) in [5.74, 6) is -0.124. The van der Waals surface area contributed by atoms with E-state index in [4.69, 9.17) is 4.55 Å². The molecule has 0 aliphatic heterocycles. The van der Waals surface area contributed by atoms with Gasteiger partial charge >= 0.3 is 0 Å². The second kappa shape index (κ2) is 10.5. The number of nitrogens with zero attached hydrogens (tertiary/aromatic N) is 2. The third-order valence-electron chi connectivity index (χ3n) is 3.78. The fourth-order valence-corrected chi connectivity index (χ4v) is 2.96. The van der Waals surface area contributed by atoms with E-state index in [9.17, 15) is 8.42 Å². The predicted octanol–water partition coefficient (Wildman–Crippen LogP) is 2.24. The molecule has 0 aromatic rings. The maximum atomic E-state index is 10.7. The highest BCUT2D eigenvalue weighted by Crippen LogP contribution is 2.09. The highest BCUT2D eigenvalue weighted by atomic mass is 32.2. The van der Waals surface area contributed by atoms with E-state index < -0.39 is 10.1 Å². The van der Waals surface area contributed by atoms with Crippen LogP contribution in [0.2, 0.25) is 0 Å². The van der Waals surface area contributed by atoms with Gasteiger partial charge in [-0.05, 0) is 39.9 Å². The van der Waals surface area contributed by atoms with Crippen molar-refractivity contribution in [2.45, 2.75) is 44.9 Å². The second-order valence-electron chi connectivity index (χ2n) is 6.95. The van der Waals surface area contributed by atoms with Gasteiger partial charge in [-0.2, -0.15) is 8.42 Å². The van der Waals surface area contributed by atoms with Gasteiger partial charge in [0, 0.05) is 6.42 Å². The van der Waals surface area contributed by atoms with Gasteiger partial charge in [-0.15, -0.1) is 0 Å². The highest BCUT2D eigenvalue weighted by molar-refractivity contribution is 7.85. The molecule has 0 spiro atoms. The van der Waals surface area contributed by atoms with Crippen LogP contribution in [0.1, 0.15) is 44.9 Å². The monoisotopic (exact) mass is 323 g/mol. The van der Waals surface area contributed by atoms with Crippen LogP contribution in [0.3, 0.4) is 0 Å². The van der Waals surface area contributed by atoms with Gasteiger partial charge in [0.15, 0.2) is 0 Å². The molecule has 21 heavy (non-hydrogen) atoms. The third-order valence-corrected chi connectivity index (χ3v) is 4.59. The van der Waals surface area contributed by atoms with Crippen molar-refractivity contribution in [3.63, 3.8) is 0 Å². The molecule has 1 N–H and O–H groups in total. The molecule has 0 saturated carbocycles. The van der Waals surface area contributed by atoms with Gasteiger partial charge in [0.2, 0.25) is 0 Å². The quantitative estimate of drug-likeness (QED) is 0.321. The normalized spacial score (nSPS) is 13.0. The molecule has 128 valence electrons. The Morgan fingerprint density at radius 2 is 1.33 bits per heavy atom. The molecule has 5 nitrogen and oxygen atoms in total. The lowest BCUT2D eigenvalue weighted by Crippen LogP contribution is -2.41. The number of unbranched alkanes of at least 4 members (excludes halogenated alkanes) is 5. The van der Waals surface area contributed by atoms with Crippen molar-refractivity contribution < 1.29 is 17.5 Å². The van der Waals surface area contributed by atoms with E-state index >= 15 is 0 Å². The van der Waals surface area contributed by atoms with Gasteiger partial charge in [0.25, 0.3) is 10.1 Å². The highest BCUT2D eigenvalue weighted by Gasteiger charge is 2.15. The Labute approximate surface area is 131 Å². The van der Waals surface area contributed by atoms with Crippen LogP contribution < -0.4 is 0 Å². The van der Waals surface area contributed by atoms with Gasteiger partial charge < -0.3 is 9.38 Å². The second-order valence-corrected chi connectivity index (χ2v) is 8.52. The zero-order valence-electron chi connectivity index (χ0n) is 14.3. The SMILES string of the molecule is CN(C)CCCCCCCC[N+](C)(C)CCCS(=O)(=O)O. The Kier molecular flexibility index (Phi) is 10.5. The van der Waals surface area contributed by atoms with E-state index in [0.29, 0.717) is 6.42 Å². The number of hydrogen-bond acceptors (Lipinski definition) is 3. The lowest BCUT2D eigenvalue weighted by atomic mass is 10.1. The average molecular weight is 324 g/mol. The topological polar surface area (TPSA) is 57.6 Å². The van der Waals surface area contributed by atoms with Crippen LogP contribution in [-0.2, 0) is 10.1 Å². The van der Waals surface area contributed by atoms with E-state index in [1.54, 1.807) is 0 Å². The molecule has 0 rings (SSSR count). The molecule has 0 heterocycles. The lowest BCUT2D eigenvalue weighted by Gasteiger charge is -2.29. The van der Waals surface area contributed by atoms with Crippen LogP contribution in [0.15, 0.2) is 0 Å². The number of quaternary nitrogens is 1. The summed E-state index contributed by atoms with van der Waals surface area (Å²) in [6.45, 7) is 3.05. The van der Waals surface area contributed by atoms with Gasteiger partial charge in [-0.3, -0.25) is 4.55 Å². The zero-order valence-corrected chi connectivity index (χ0v) is 15.2. The molecule has 0 aliphatic rings. The van der Waals surface area contributed by atoms with Gasteiger partial charge in [0.05, 0.1) is 32.9 Å². The minimum absolute atomic E-state index is 0.124. The minimum Gasteiger partial charge on any atom is -0.328 e. The molecule has 0 unspecified atom stereocenters. The summed E-state index contributed by atoms with van der Waals surface area (Å²) in [6, 6.07) is 0. The number of hydrogen-bond donors (Lipinski definition) is 1. The molecule has 0 aromatic carbocycles. The fraction of sp³-hybridized carbons (Fsp3) is 1.00. The standard InChI is InChI=1S/C15H34N2O3S/c1-16(2)12-9-7-5-6-8-10-13-17(3,4)14-11-15-21(18,19)20/h5-15H2,1-4H3/p+1. The van der Waals surface area contributed by atoms with Crippen LogP contribution in [0, 0.1) is 0 Å². The molecule has 0 aliphatic carbocycles. The third kappa shape index (κ3) is 16.0. The van der Waals surface area contributed by atoms with Crippen LogP contribution in [-0.4, -0.2) is 75.9 Å². The first-order valence-electron chi connectivity index (χ1n) is 8.04. The number of rotatable bonds is 13. The first-order valence-corrected chi connectivity index (χ1v) is 9.65. The molecule has 0 fully saturated rings. The summed E-state index contributed by atoms with van der Waals surface area (Å²) in [5, 5.41) is 0. The average Bonchev–Trinajstić information content (AvgIpc) is 2.30. The molecule has 0 atom stereocenters. The first-order chi connectivity index (χ1) is 9.62. The van der Waals surface area contributed by atoms with Crippen molar-refractivity contribution >= 4 is 10.1 Å². The minimum atomic E-state index is -3.80. The summed E-state index contributed by atoms with van der Waals surface area (Å²) in [5.41, 5.74) is 0. The van der Waals surface area contributed by atoms with Crippen molar-refractivity contribution in [3.8, 4) is 0 Å². The van der Waals surface area contributed by atoms with Crippen LogP contribution in [0.5, 0.6) is 0 Å². The Bertz CT molecular complexity index is 354. The van der Waals surface area contributed by atoms with Crippen LogP contribution in [0.4, 0.5) is 0 Å². The van der Waals surface area contributed by atoms with E-state index in [2.05, 4.69) is 33.1 Å². The maximum absolute atomic E-state index is 10.7. The van der Waals surface area contributed by atoms with Crippen molar-refractivity contribution in [3.05, 3.63) is 0 Å². The van der Waals surface area contributed by atoms with Crippen molar-refractivity contribution in [2.24, 2.45) is 0 Å². The lowest BCUT2D eigenvalue weighted by molar-refractivity contribution is -0.890. The molecule has 0 radical (unpaired) electrons. The van der Waals surface area contributed by atoms with Crippen molar-refractivity contribution in [2.75, 3.05) is 53.6 Å². The summed E-state index contributed by atoms with van der Waals surface area (Å²) < 4.78 is 30.9. The summed E-state index contributed by atoms with van der Waals surface area (Å²) >= 11 is 0. The Hall–Kier alpha value is -0.170. The molecule has 0 bridgehead atoms. The summed E-state index contributed by atoms with van der Waals surface area (Å²) in [4.78, 5) is 2.23. The van der Waals surface area contributed by atoms with Crippen LogP contribution in [0.25, 0.3) is 0 Å². The maximum Gasteiger partial charge on any atom is 0.265 e. The van der Waals surface area contributed by atoms with E-state index in [1.165, 1.54) is 45.1 Å². The van der Waals surface area contributed by atoms with Gasteiger partial charge in [-0.25, -0.2) is 0 Å². The van der Waals surface area contributed by atoms with E-state index in [-0.39, 0.29) is 5.75 Å². The molecular weight excluding hydrogens is 288 g/mol. The van der Waals surface area contributed by atoms with E-state index in [1.807, 2.05) is 0 Å². The smallest absolute Gasteiger partial charge is 0.265 e. The predicted molar refractivity (Wildman–Crippen MR) is 89.1 cm³/mol. The molecule has 0 saturated heterocycles. The first kappa shape index (κ1) is 20.8.